The maximum atomic E-state index is 12.2. The first-order valence-corrected chi connectivity index (χ1v) is 6.87. The Hall–Kier alpha value is -1.78. The maximum Gasteiger partial charge on any atom is 0.251 e. The Morgan fingerprint density at radius 2 is 1.95 bits per heavy atom. The van der Waals surface area contributed by atoms with Crippen molar-refractivity contribution in [2.45, 2.75) is 25.8 Å². The lowest BCUT2D eigenvalue weighted by Crippen LogP contribution is -2.35. The minimum atomic E-state index is -0.179. The number of likely N-dealkylation sites (tertiary alicyclic amines) is 1. The van der Waals surface area contributed by atoms with Gasteiger partial charge in [-0.1, -0.05) is 6.42 Å². The number of anilines is 1. The van der Waals surface area contributed by atoms with E-state index in [-0.39, 0.29) is 18.0 Å². The topological polar surface area (TPSA) is 68.3 Å². The van der Waals surface area contributed by atoms with Gasteiger partial charge in [0.25, 0.3) is 5.56 Å². The lowest BCUT2D eigenvalue weighted by molar-refractivity contribution is -0.131. The van der Waals surface area contributed by atoms with Gasteiger partial charge in [-0.05, 0) is 30.7 Å². The Kier molecular flexibility index (Phi) is 3.05. The smallest absolute Gasteiger partial charge is 0.251 e. The van der Waals surface area contributed by atoms with Crippen molar-refractivity contribution in [1.82, 2.24) is 9.47 Å². The number of nitrogens with zero attached hydrogens (tertiary/aromatic N) is 2. The molecule has 1 aliphatic carbocycles. The molecule has 1 amide bonds. The summed E-state index contributed by atoms with van der Waals surface area (Å²) in [6.45, 7) is 1.82. The number of nitrogen functional groups attached to an aromatic ring is 1. The molecular weight excluding hydrogens is 242 g/mol. The Labute approximate surface area is 112 Å². The van der Waals surface area contributed by atoms with E-state index in [0.717, 1.165) is 13.1 Å². The zero-order valence-corrected chi connectivity index (χ0v) is 10.9. The fourth-order valence-corrected chi connectivity index (χ4v) is 3.36. The van der Waals surface area contributed by atoms with Crippen LogP contribution in [0.3, 0.4) is 0 Å². The summed E-state index contributed by atoms with van der Waals surface area (Å²) in [6.07, 6.45) is 5.32. The number of nitrogens with two attached hydrogens (primary N) is 1. The van der Waals surface area contributed by atoms with Gasteiger partial charge in [0.1, 0.15) is 6.54 Å². The highest BCUT2D eigenvalue weighted by Crippen LogP contribution is 2.37. The first kappa shape index (κ1) is 12.3. The molecule has 0 radical (unpaired) electrons. The quantitative estimate of drug-likeness (QED) is 0.851. The van der Waals surface area contributed by atoms with Crippen LogP contribution < -0.4 is 11.3 Å². The molecule has 1 saturated heterocycles. The van der Waals surface area contributed by atoms with Gasteiger partial charge < -0.3 is 15.2 Å². The minimum Gasteiger partial charge on any atom is -0.398 e. The highest BCUT2D eigenvalue weighted by molar-refractivity contribution is 5.76. The third kappa shape index (κ3) is 2.37. The van der Waals surface area contributed by atoms with Crippen molar-refractivity contribution in [3.8, 4) is 0 Å². The molecule has 1 saturated carbocycles. The van der Waals surface area contributed by atoms with Crippen molar-refractivity contribution in [3.63, 3.8) is 0 Å². The van der Waals surface area contributed by atoms with E-state index in [1.807, 2.05) is 4.90 Å². The van der Waals surface area contributed by atoms with Crippen LogP contribution in [-0.4, -0.2) is 28.5 Å². The van der Waals surface area contributed by atoms with E-state index < -0.39 is 0 Å². The van der Waals surface area contributed by atoms with E-state index in [0.29, 0.717) is 17.5 Å². The molecule has 5 nitrogen and oxygen atoms in total. The summed E-state index contributed by atoms with van der Waals surface area (Å²) in [5.74, 6) is 1.39. The Morgan fingerprint density at radius 1 is 1.26 bits per heavy atom. The number of aromatic nitrogens is 1. The average molecular weight is 261 g/mol. The van der Waals surface area contributed by atoms with Gasteiger partial charge in [0.05, 0.1) is 0 Å². The fraction of sp³-hybridized carbons (Fsp3) is 0.571. The summed E-state index contributed by atoms with van der Waals surface area (Å²) in [5.41, 5.74) is 5.97. The van der Waals surface area contributed by atoms with Crippen LogP contribution >= 0.6 is 0 Å². The van der Waals surface area contributed by atoms with Gasteiger partial charge in [0.15, 0.2) is 0 Å². The van der Waals surface area contributed by atoms with Gasteiger partial charge in [-0.15, -0.1) is 0 Å². The highest BCUT2D eigenvalue weighted by atomic mass is 16.2. The zero-order chi connectivity index (χ0) is 13.4. The van der Waals surface area contributed by atoms with Crippen molar-refractivity contribution in [2.75, 3.05) is 18.8 Å². The summed E-state index contributed by atoms with van der Waals surface area (Å²) in [5, 5.41) is 0. The molecule has 2 fully saturated rings. The molecule has 102 valence electrons. The molecule has 19 heavy (non-hydrogen) atoms. The molecule has 0 aromatic carbocycles. The summed E-state index contributed by atoms with van der Waals surface area (Å²) in [7, 11) is 0. The number of pyridine rings is 1. The van der Waals surface area contributed by atoms with E-state index >= 15 is 0 Å². The SMILES string of the molecule is Nc1ccc(=O)n(CC(=O)N2CC3CCCC3C2)c1. The standard InChI is InChI=1S/C14H19N3O2/c15-12-4-5-13(18)17(8-12)9-14(19)16-6-10-2-1-3-11(10)7-16/h4-5,8,10-11H,1-3,6-7,9,15H2. The van der Waals surface area contributed by atoms with Crippen LogP contribution in [0.2, 0.25) is 0 Å². The number of rotatable bonds is 2. The Balaban J connectivity index is 1.69. The number of hydrogen-bond acceptors (Lipinski definition) is 3. The first-order chi connectivity index (χ1) is 9.13. The van der Waals surface area contributed by atoms with Crippen LogP contribution in [0, 0.1) is 11.8 Å². The molecule has 2 aliphatic rings. The predicted molar refractivity (Wildman–Crippen MR) is 72.5 cm³/mol. The molecular formula is C14H19N3O2. The van der Waals surface area contributed by atoms with Crippen molar-refractivity contribution in [1.29, 1.82) is 0 Å². The fourth-order valence-electron chi connectivity index (χ4n) is 3.36. The van der Waals surface area contributed by atoms with Crippen molar-refractivity contribution >= 4 is 11.6 Å². The molecule has 3 rings (SSSR count). The summed E-state index contributed by atoms with van der Waals surface area (Å²) >= 11 is 0. The molecule has 2 N–H and O–H groups in total. The number of fused-ring (bicyclic) bond motifs is 1. The zero-order valence-electron chi connectivity index (χ0n) is 10.9. The van der Waals surface area contributed by atoms with Crippen LogP contribution in [-0.2, 0) is 11.3 Å². The second kappa shape index (κ2) is 4.72. The average Bonchev–Trinajstić information content (AvgIpc) is 2.94. The third-order valence-corrected chi connectivity index (χ3v) is 4.39. The minimum absolute atomic E-state index is 0.0297. The second-order valence-corrected chi connectivity index (χ2v) is 5.68. The van der Waals surface area contributed by atoms with Crippen LogP contribution in [0.1, 0.15) is 19.3 Å². The summed E-state index contributed by atoms with van der Waals surface area (Å²) < 4.78 is 1.39. The van der Waals surface area contributed by atoms with Gasteiger partial charge in [-0.25, -0.2) is 0 Å². The van der Waals surface area contributed by atoms with Gasteiger partial charge >= 0.3 is 0 Å². The van der Waals surface area contributed by atoms with E-state index in [1.54, 1.807) is 6.07 Å². The lowest BCUT2D eigenvalue weighted by atomic mass is 10.0. The monoisotopic (exact) mass is 261 g/mol. The largest absolute Gasteiger partial charge is 0.398 e. The van der Waals surface area contributed by atoms with E-state index in [9.17, 15) is 9.59 Å². The lowest BCUT2D eigenvalue weighted by Gasteiger charge is -2.18. The van der Waals surface area contributed by atoms with Gasteiger partial charge in [-0.3, -0.25) is 9.59 Å². The Bertz CT molecular complexity index is 540. The number of amides is 1. The van der Waals surface area contributed by atoms with Crippen LogP contribution in [0.4, 0.5) is 5.69 Å². The van der Waals surface area contributed by atoms with E-state index in [1.165, 1.54) is 36.1 Å². The van der Waals surface area contributed by atoms with Gasteiger partial charge in [0, 0.05) is 31.0 Å². The van der Waals surface area contributed by atoms with Crippen LogP contribution in [0.25, 0.3) is 0 Å². The van der Waals surface area contributed by atoms with Crippen molar-refractivity contribution < 1.29 is 4.79 Å². The molecule has 2 heterocycles. The molecule has 5 heteroatoms. The first-order valence-electron chi connectivity index (χ1n) is 6.87. The van der Waals surface area contributed by atoms with E-state index in [4.69, 9.17) is 5.73 Å². The number of carbonyl (C=O) groups excluding carboxylic acids is 1. The van der Waals surface area contributed by atoms with Crippen molar-refractivity contribution in [2.24, 2.45) is 11.8 Å². The summed E-state index contributed by atoms with van der Waals surface area (Å²) in [6, 6.07) is 2.96. The van der Waals surface area contributed by atoms with Gasteiger partial charge in [-0.2, -0.15) is 0 Å². The summed E-state index contributed by atoms with van der Waals surface area (Å²) in [4.78, 5) is 25.8. The predicted octanol–water partition coefficient (Wildman–Crippen LogP) is 0.689. The molecule has 1 aromatic heterocycles. The van der Waals surface area contributed by atoms with Gasteiger partial charge in [0.2, 0.25) is 5.91 Å². The van der Waals surface area contributed by atoms with Crippen LogP contribution in [0.5, 0.6) is 0 Å². The highest BCUT2D eigenvalue weighted by Gasteiger charge is 2.37. The van der Waals surface area contributed by atoms with Crippen LogP contribution in [0.15, 0.2) is 23.1 Å². The van der Waals surface area contributed by atoms with E-state index in [2.05, 4.69) is 0 Å². The number of hydrogen-bond donors (Lipinski definition) is 1. The molecule has 1 aliphatic heterocycles. The number of carbonyl (C=O) groups is 1. The maximum absolute atomic E-state index is 12.2. The molecule has 2 unspecified atom stereocenters. The Morgan fingerprint density at radius 3 is 2.63 bits per heavy atom. The molecule has 1 aromatic rings. The molecule has 0 spiro atoms. The third-order valence-electron chi connectivity index (χ3n) is 4.39. The van der Waals surface area contributed by atoms with Crippen molar-refractivity contribution in [3.05, 3.63) is 28.7 Å². The molecule has 0 bridgehead atoms. The normalized spacial score (nSPS) is 25.6. The molecule has 2 atom stereocenters. The second-order valence-electron chi connectivity index (χ2n) is 5.68.